The van der Waals surface area contributed by atoms with Gasteiger partial charge in [-0.2, -0.15) is 0 Å². The summed E-state index contributed by atoms with van der Waals surface area (Å²) < 4.78 is 8.24. The first kappa shape index (κ1) is 19.9. The van der Waals surface area contributed by atoms with Crippen molar-refractivity contribution < 1.29 is 4.42 Å². The zero-order valence-corrected chi connectivity index (χ0v) is 17.2. The number of aromatic nitrogens is 4. The molecule has 0 aliphatic rings. The van der Waals surface area contributed by atoms with Crippen LogP contribution in [0, 0.1) is 0 Å². The third-order valence-corrected chi connectivity index (χ3v) is 5.47. The number of hydrogen-bond acceptors (Lipinski definition) is 7. The second kappa shape index (κ2) is 8.47. The fraction of sp³-hybridized carbons (Fsp3) is 0.368. The second-order valence-corrected chi connectivity index (χ2v) is 7.18. The molecule has 0 bridgehead atoms. The SMILES string of the molecule is CCN(CC)c1ccc(-c2nnc(SCc3cc(=O)n(C)c(=O)n3C)o2)cc1. The Hall–Kier alpha value is -2.81. The monoisotopic (exact) mass is 401 g/mol. The smallest absolute Gasteiger partial charge is 0.330 e. The Labute approximate surface area is 166 Å². The van der Waals surface area contributed by atoms with Gasteiger partial charge >= 0.3 is 5.69 Å². The molecule has 148 valence electrons. The quantitative estimate of drug-likeness (QED) is 0.561. The number of hydrogen-bond donors (Lipinski definition) is 0. The Morgan fingerprint density at radius 3 is 2.36 bits per heavy atom. The van der Waals surface area contributed by atoms with E-state index in [-0.39, 0.29) is 11.2 Å². The molecule has 3 rings (SSSR count). The maximum atomic E-state index is 12.0. The van der Waals surface area contributed by atoms with Crippen molar-refractivity contribution >= 4 is 17.4 Å². The Balaban J connectivity index is 1.73. The standard InChI is InChI=1S/C19H23N5O3S/c1-5-24(6-2)14-9-7-13(8-10-14)17-20-21-18(27-17)28-12-15-11-16(25)23(4)19(26)22(15)3/h7-11H,5-6,12H2,1-4H3. The first-order chi connectivity index (χ1) is 13.4. The minimum atomic E-state index is -0.359. The Morgan fingerprint density at radius 2 is 1.71 bits per heavy atom. The van der Waals surface area contributed by atoms with Gasteiger partial charge < -0.3 is 9.32 Å². The highest BCUT2D eigenvalue weighted by Crippen LogP contribution is 2.26. The van der Waals surface area contributed by atoms with E-state index in [1.807, 2.05) is 24.3 Å². The van der Waals surface area contributed by atoms with Gasteiger partial charge in [-0.25, -0.2) is 4.79 Å². The normalized spacial score (nSPS) is 11.0. The van der Waals surface area contributed by atoms with Crippen LogP contribution in [-0.2, 0) is 19.8 Å². The van der Waals surface area contributed by atoms with Gasteiger partial charge in [0, 0.05) is 55.9 Å². The summed E-state index contributed by atoms with van der Waals surface area (Å²) in [5.41, 5.74) is 1.90. The van der Waals surface area contributed by atoms with Crippen LogP contribution in [0.15, 0.2) is 49.6 Å². The molecule has 9 heteroatoms. The lowest BCUT2D eigenvalue weighted by Crippen LogP contribution is -2.37. The average Bonchev–Trinajstić information content (AvgIpc) is 3.18. The lowest BCUT2D eigenvalue weighted by molar-refractivity contribution is 0.465. The second-order valence-electron chi connectivity index (χ2n) is 6.26. The molecular weight excluding hydrogens is 378 g/mol. The number of rotatable bonds is 7. The maximum Gasteiger partial charge on any atom is 0.330 e. The lowest BCUT2D eigenvalue weighted by Gasteiger charge is -2.20. The van der Waals surface area contributed by atoms with E-state index in [1.54, 1.807) is 7.05 Å². The third-order valence-electron chi connectivity index (χ3n) is 4.62. The van der Waals surface area contributed by atoms with Crippen molar-refractivity contribution in [1.82, 2.24) is 19.3 Å². The van der Waals surface area contributed by atoms with Crippen molar-refractivity contribution in [1.29, 1.82) is 0 Å². The summed E-state index contributed by atoms with van der Waals surface area (Å²) in [6, 6.07) is 9.43. The Bertz CT molecular complexity index is 1060. The highest BCUT2D eigenvalue weighted by molar-refractivity contribution is 7.98. The van der Waals surface area contributed by atoms with Crippen LogP contribution in [0.1, 0.15) is 19.5 Å². The highest BCUT2D eigenvalue weighted by Gasteiger charge is 2.12. The zero-order chi connectivity index (χ0) is 20.3. The van der Waals surface area contributed by atoms with E-state index in [4.69, 9.17) is 4.42 Å². The molecular formula is C19H23N5O3S. The van der Waals surface area contributed by atoms with Gasteiger partial charge in [-0.3, -0.25) is 13.9 Å². The van der Waals surface area contributed by atoms with E-state index < -0.39 is 0 Å². The molecule has 0 spiro atoms. The van der Waals surface area contributed by atoms with Gasteiger partial charge in [0.05, 0.1) is 0 Å². The molecule has 0 saturated heterocycles. The molecule has 0 unspecified atom stereocenters. The molecule has 0 saturated carbocycles. The van der Waals surface area contributed by atoms with Gasteiger partial charge in [0.1, 0.15) is 0 Å². The van der Waals surface area contributed by atoms with Crippen LogP contribution >= 0.6 is 11.8 Å². The molecule has 0 amide bonds. The van der Waals surface area contributed by atoms with Gasteiger partial charge in [-0.15, -0.1) is 10.2 Å². The van der Waals surface area contributed by atoms with E-state index in [0.717, 1.165) is 28.9 Å². The van der Waals surface area contributed by atoms with E-state index in [0.29, 0.717) is 22.6 Å². The molecule has 2 aromatic heterocycles. The average molecular weight is 401 g/mol. The van der Waals surface area contributed by atoms with Gasteiger partial charge in [-0.05, 0) is 38.1 Å². The molecule has 3 aromatic rings. The van der Waals surface area contributed by atoms with Crippen LogP contribution in [0.5, 0.6) is 0 Å². The zero-order valence-electron chi connectivity index (χ0n) is 16.4. The van der Waals surface area contributed by atoms with Gasteiger partial charge in [0.2, 0.25) is 5.89 Å². The number of benzene rings is 1. The molecule has 0 radical (unpaired) electrons. The Morgan fingerprint density at radius 1 is 1.04 bits per heavy atom. The van der Waals surface area contributed by atoms with E-state index >= 15 is 0 Å². The molecule has 0 aliphatic heterocycles. The minimum Gasteiger partial charge on any atom is -0.411 e. The van der Waals surface area contributed by atoms with Crippen LogP contribution in [0.2, 0.25) is 0 Å². The third kappa shape index (κ3) is 4.04. The first-order valence-corrected chi connectivity index (χ1v) is 10.0. The van der Waals surface area contributed by atoms with Crippen LogP contribution in [0.3, 0.4) is 0 Å². The van der Waals surface area contributed by atoms with E-state index in [1.165, 1.54) is 29.4 Å². The summed E-state index contributed by atoms with van der Waals surface area (Å²) in [4.78, 5) is 26.1. The van der Waals surface area contributed by atoms with Gasteiger partial charge in [0.15, 0.2) is 0 Å². The van der Waals surface area contributed by atoms with Crippen LogP contribution in [-0.4, -0.2) is 32.4 Å². The Kier molecular flexibility index (Phi) is 6.03. The van der Waals surface area contributed by atoms with Crippen LogP contribution < -0.4 is 16.1 Å². The maximum absolute atomic E-state index is 12.0. The number of anilines is 1. The molecule has 0 aliphatic carbocycles. The summed E-state index contributed by atoms with van der Waals surface area (Å²) in [7, 11) is 3.09. The summed E-state index contributed by atoms with van der Waals surface area (Å²) in [5, 5.41) is 8.54. The van der Waals surface area contributed by atoms with Gasteiger partial charge in [-0.1, -0.05) is 11.8 Å². The predicted octanol–water partition coefficient (Wildman–Crippen LogP) is 2.27. The van der Waals surface area contributed by atoms with E-state index in [9.17, 15) is 9.59 Å². The largest absolute Gasteiger partial charge is 0.411 e. The van der Waals surface area contributed by atoms with Crippen LogP contribution in [0.25, 0.3) is 11.5 Å². The molecule has 0 atom stereocenters. The first-order valence-electron chi connectivity index (χ1n) is 9.02. The van der Waals surface area contributed by atoms with Crippen molar-refractivity contribution in [3.63, 3.8) is 0 Å². The number of nitrogens with zero attached hydrogens (tertiary/aromatic N) is 5. The lowest BCUT2D eigenvalue weighted by atomic mass is 10.2. The van der Waals surface area contributed by atoms with Crippen molar-refractivity contribution in [3.05, 3.63) is 56.9 Å². The predicted molar refractivity (Wildman–Crippen MR) is 110 cm³/mol. The fourth-order valence-corrected chi connectivity index (χ4v) is 3.63. The summed E-state index contributed by atoms with van der Waals surface area (Å²) in [6.07, 6.45) is 0. The van der Waals surface area contributed by atoms with Crippen molar-refractivity contribution in [2.75, 3.05) is 18.0 Å². The van der Waals surface area contributed by atoms with Crippen molar-refractivity contribution in [2.24, 2.45) is 14.1 Å². The van der Waals surface area contributed by atoms with E-state index in [2.05, 4.69) is 28.9 Å². The topological polar surface area (TPSA) is 86.2 Å². The van der Waals surface area contributed by atoms with Crippen molar-refractivity contribution in [3.8, 4) is 11.5 Å². The molecule has 2 heterocycles. The highest BCUT2D eigenvalue weighted by atomic mass is 32.2. The molecule has 8 nitrogen and oxygen atoms in total. The summed E-state index contributed by atoms with van der Waals surface area (Å²) >= 11 is 1.29. The molecule has 0 fully saturated rings. The summed E-state index contributed by atoms with van der Waals surface area (Å²) in [5.74, 6) is 0.816. The molecule has 0 N–H and O–H groups in total. The molecule has 1 aromatic carbocycles. The van der Waals surface area contributed by atoms with Gasteiger partial charge in [0.25, 0.3) is 10.8 Å². The van der Waals surface area contributed by atoms with Crippen molar-refractivity contribution in [2.45, 2.75) is 24.8 Å². The minimum absolute atomic E-state index is 0.335. The fourth-order valence-electron chi connectivity index (χ4n) is 2.84. The molecule has 28 heavy (non-hydrogen) atoms. The number of thioether (sulfide) groups is 1. The van der Waals surface area contributed by atoms with Crippen LogP contribution in [0.4, 0.5) is 5.69 Å². The summed E-state index contributed by atoms with van der Waals surface area (Å²) in [6.45, 7) is 6.14.